The lowest BCUT2D eigenvalue weighted by Gasteiger charge is -2.14. The van der Waals surface area contributed by atoms with Crippen molar-refractivity contribution in [2.75, 3.05) is 18.1 Å². The predicted molar refractivity (Wildman–Crippen MR) is 85.0 cm³/mol. The first-order valence-corrected chi connectivity index (χ1v) is 9.59. The maximum Gasteiger partial charge on any atom is 0.242 e. The Kier molecular flexibility index (Phi) is 5.62. The van der Waals surface area contributed by atoms with Gasteiger partial charge < -0.3 is 5.73 Å². The summed E-state index contributed by atoms with van der Waals surface area (Å²) < 4.78 is 27.2. The summed E-state index contributed by atoms with van der Waals surface area (Å²) >= 11 is 13.9. The molecule has 1 aliphatic rings. The van der Waals surface area contributed by atoms with E-state index in [0.717, 1.165) is 17.9 Å². The van der Waals surface area contributed by atoms with Crippen LogP contribution in [0.5, 0.6) is 0 Å². The van der Waals surface area contributed by atoms with Gasteiger partial charge in [-0.3, -0.25) is 0 Å². The van der Waals surface area contributed by atoms with Crippen molar-refractivity contribution in [3.8, 4) is 0 Å². The second-order valence-electron chi connectivity index (χ2n) is 4.62. The molecular weight excluding hydrogens is 339 g/mol. The van der Waals surface area contributed by atoms with Crippen molar-refractivity contribution in [1.82, 2.24) is 4.72 Å². The smallest absolute Gasteiger partial charge is 0.242 e. The molecule has 1 unspecified atom stereocenters. The zero-order chi connectivity index (χ0) is 14.8. The molecule has 0 spiro atoms. The third-order valence-electron chi connectivity index (χ3n) is 3.23. The van der Waals surface area contributed by atoms with Crippen LogP contribution in [0.4, 0.5) is 0 Å². The highest BCUT2D eigenvalue weighted by Crippen LogP contribution is 2.31. The minimum absolute atomic E-state index is 0.0367. The van der Waals surface area contributed by atoms with Crippen LogP contribution in [0.3, 0.4) is 0 Å². The number of benzene rings is 1. The van der Waals surface area contributed by atoms with Gasteiger partial charge in [-0.2, -0.15) is 11.8 Å². The monoisotopic (exact) mass is 354 g/mol. The minimum Gasteiger partial charge on any atom is -0.326 e. The fourth-order valence-corrected chi connectivity index (χ4v) is 5.35. The Morgan fingerprint density at radius 1 is 1.40 bits per heavy atom. The number of rotatable bonds is 5. The first kappa shape index (κ1) is 16.4. The summed E-state index contributed by atoms with van der Waals surface area (Å²) in [4.78, 5) is 0.0367. The molecule has 3 N–H and O–H groups in total. The van der Waals surface area contributed by atoms with E-state index in [9.17, 15) is 8.42 Å². The van der Waals surface area contributed by atoms with Gasteiger partial charge in [-0.1, -0.05) is 23.2 Å². The SMILES string of the molecule is NCc1c(Cl)ccc(S(=O)(=O)NCC2CCSC2)c1Cl. The molecule has 1 fully saturated rings. The molecule has 8 heteroatoms. The second-order valence-corrected chi connectivity index (χ2v) is 8.29. The molecule has 1 saturated heterocycles. The van der Waals surface area contributed by atoms with E-state index in [1.54, 1.807) is 0 Å². The van der Waals surface area contributed by atoms with Crippen LogP contribution in [0, 0.1) is 5.92 Å². The van der Waals surface area contributed by atoms with Crippen molar-refractivity contribution in [1.29, 1.82) is 0 Å². The van der Waals surface area contributed by atoms with Crippen molar-refractivity contribution in [3.63, 3.8) is 0 Å². The molecule has 2 rings (SSSR count). The van der Waals surface area contributed by atoms with E-state index in [1.165, 1.54) is 12.1 Å². The molecule has 112 valence electrons. The molecule has 1 heterocycles. The summed E-state index contributed by atoms with van der Waals surface area (Å²) in [5.74, 6) is 2.46. The predicted octanol–water partition coefficient (Wildman–Crippen LogP) is 2.48. The number of hydrogen-bond donors (Lipinski definition) is 2. The molecule has 1 aromatic carbocycles. The summed E-state index contributed by atoms with van der Waals surface area (Å²) in [5.41, 5.74) is 6.00. The van der Waals surface area contributed by atoms with Crippen LogP contribution in [0.25, 0.3) is 0 Å². The number of halogens is 2. The van der Waals surface area contributed by atoms with Crippen molar-refractivity contribution >= 4 is 45.0 Å². The quantitative estimate of drug-likeness (QED) is 0.851. The van der Waals surface area contributed by atoms with Gasteiger partial charge in [0.25, 0.3) is 0 Å². The fourth-order valence-electron chi connectivity index (χ4n) is 2.02. The molecule has 0 bridgehead atoms. The first-order valence-electron chi connectivity index (χ1n) is 6.20. The van der Waals surface area contributed by atoms with E-state index < -0.39 is 10.0 Å². The highest BCUT2D eigenvalue weighted by molar-refractivity contribution is 7.99. The minimum atomic E-state index is -3.63. The highest BCUT2D eigenvalue weighted by atomic mass is 35.5. The van der Waals surface area contributed by atoms with Crippen molar-refractivity contribution in [3.05, 3.63) is 27.7 Å². The lowest BCUT2D eigenvalue weighted by atomic mass is 10.1. The van der Waals surface area contributed by atoms with Crippen LogP contribution in [-0.4, -0.2) is 26.5 Å². The van der Waals surface area contributed by atoms with Crippen LogP contribution in [0.1, 0.15) is 12.0 Å². The molecule has 0 saturated carbocycles. The van der Waals surface area contributed by atoms with Crippen LogP contribution in [0.2, 0.25) is 10.0 Å². The van der Waals surface area contributed by atoms with E-state index in [-0.39, 0.29) is 16.5 Å². The lowest BCUT2D eigenvalue weighted by molar-refractivity contribution is 0.546. The molecule has 20 heavy (non-hydrogen) atoms. The Labute approximate surface area is 133 Å². The average Bonchev–Trinajstić information content (AvgIpc) is 2.90. The Balaban J connectivity index is 2.20. The van der Waals surface area contributed by atoms with Gasteiger partial charge in [0.1, 0.15) is 4.90 Å². The van der Waals surface area contributed by atoms with Crippen LogP contribution in [-0.2, 0) is 16.6 Å². The molecule has 1 atom stereocenters. The third kappa shape index (κ3) is 3.61. The van der Waals surface area contributed by atoms with E-state index in [4.69, 9.17) is 28.9 Å². The highest BCUT2D eigenvalue weighted by Gasteiger charge is 2.23. The number of hydrogen-bond acceptors (Lipinski definition) is 4. The Hall–Kier alpha value is 0.0200. The van der Waals surface area contributed by atoms with Gasteiger partial charge in [0.2, 0.25) is 10.0 Å². The van der Waals surface area contributed by atoms with Crippen molar-refractivity contribution in [2.24, 2.45) is 11.7 Å². The maximum atomic E-state index is 12.3. The fraction of sp³-hybridized carbons (Fsp3) is 0.500. The summed E-state index contributed by atoms with van der Waals surface area (Å²) in [5, 5.41) is 0.483. The lowest BCUT2D eigenvalue weighted by Crippen LogP contribution is -2.29. The van der Waals surface area contributed by atoms with E-state index >= 15 is 0 Å². The second kappa shape index (κ2) is 6.85. The molecule has 0 aromatic heterocycles. The summed E-state index contributed by atoms with van der Waals surface area (Å²) in [6, 6.07) is 2.92. The van der Waals surface area contributed by atoms with Gasteiger partial charge in [-0.25, -0.2) is 13.1 Å². The average molecular weight is 355 g/mol. The van der Waals surface area contributed by atoms with Gasteiger partial charge in [-0.05, 0) is 36.0 Å². The molecule has 0 aliphatic carbocycles. The first-order chi connectivity index (χ1) is 9.45. The zero-order valence-electron chi connectivity index (χ0n) is 10.7. The molecule has 0 amide bonds. The molecule has 1 aliphatic heterocycles. The third-order valence-corrected chi connectivity index (χ3v) is 6.83. The van der Waals surface area contributed by atoms with Crippen LogP contribution in [0.15, 0.2) is 17.0 Å². The Morgan fingerprint density at radius 3 is 2.75 bits per heavy atom. The van der Waals surface area contributed by atoms with Gasteiger partial charge in [-0.15, -0.1) is 0 Å². The zero-order valence-corrected chi connectivity index (χ0v) is 13.9. The number of nitrogens with one attached hydrogen (secondary N) is 1. The molecular formula is C12H16Cl2N2O2S2. The Bertz CT molecular complexity index is 587. The van der Waals surface area contributed by atoms with Crippen LogP contribution >= 0.6 is 35.0 Å². The number of thioether (sulfide) groups is 1. The van der Waals surface area contributed by atoms with Crippen molar-refractivity contribution < 1.29 is 8.42 Å². The number of sulfonamides is 1. The van der Waals surface area contributed by atoms with Gasteiger partial charge >= 0.3 is 0 Å². The summed E-state index contributed by atoms with van der Waals surface area (Å²) in [6.07, 6.45) is 1.04. The standard InChI is InChI=1S/C12H16Cl2N2O2S2/c13-10-1-2-11(12(14)9(10)5-15)20(17,18)16-6-8-3-4-19-7-8/h1-2,8,16H,3-7,15H2. The van der Waals surface area contributed by atoms with Crippen molar-refractivity contribution in [2.45, 2.75) is 17.9 Å². The topological polar surface area (TPSA) is 72.2 Å². The largest absolute Gasteiger partial charge is 0.326 e. The van der Waals surface area contributed by atoms with Crippen LogP contribution < -0.4 is 10.5 Å². The molecule has 4 nitrogen and oxygen atoms in total. The van der Waals surface area contributed by atoms with Gasteiger partial charge in [0, 0.05) is 23.7 Å². The van der Waals surface area contributed by atoms with E-state index in [0.29, 0.717) is 23.0 Å². The maximum absolute atomic E-state index is 12.3. The van der Waals surface area contributed by atoms with E-state index in [1.807, 2.05) is 11.8 Å². The van der Waals surface area contributed by atoms with Gasteiger partial charge in [0.15, 0.2) is 0 Å². The molecule has 1 aromatic rings. The Morgan fingerprint density at radius 2 is 2.15 bits per heavy atom. The normalized spacial score (nSPS) is 19.4. The van der Waals surface area contributed by atoms with E-state index in [2.05, 4.69) is 4.72 Å². The van der Waals surface area contributed by atoms with Gasteiger partial charge in [0.05, 0.1) is 5.02 Å². The summed E-state index contributed by atoms with van der Waals surface area (Å²) in [6.45, 7) is 0.534. The molecule has 0 radical (unpaired) electrons. The summed E-state index contributed by atoms with van der Waals surface area (Å²) in [7, 11) is -3.63. The number of nitrogens with two attached hydrogens (primary N) is 1.